The molecule has 0 atom stereocenters. The topological polar surface area (TPSA) is 46.3 Å². The van der Waals surface area contributed by atoms with Gasteiger partial charge in [0.15, 0.2) is 0 Å². The van der Waals surface area contributed by atoms with Gasteiger partial charge in [-0.1, -0.05) is 6.08 Å². The lowest BCUT2D eigenvalue weighted by Gasteiger charge is -1.98. The normalized spacial score (nSPS) is 9.75. The summed E-state index contributed by atoms with van der Waals surface area (Å²) >= 11 is 0. The van der Waals surface area contributed by atoms with Crippen LogP contribution in [0.1, 0.15) is 0 Å². The van der Waals surface area contributed by atoms with E-state index in [1.165, 1.54) is 4.90 Å². The molecule has 0 unspecified atom stereocenters. The maximum absolute atomic E-state index is 9.84. The minimum Gasteiger partial charge on any atom is -0.327 e. The van der Waals surface area contributed by atoms with Gasteiger partial charge < -0.3 is 10.6 Å². The highest BCUT2D eigenvalue weighted by Crippen LogP contribution is 1.73. The molecule has 0 bridgehead atoms. The smallest absolute Gasteiger partial charge is 0.213 e. The lowest BCUT2D eigenvalue weighted by molar-refractivity contribution is -0.114. The average Bonchev–Trinajstić information content (AvgIpc) is 1.83. The number of carbonyl (C=O) groups excluding carboxylic acids is 1. The van der Waals surface area contributed by atoms with Crippen LogP contribution in [0.4, 0.5) is 0 Å². The summed E-state index contributed by atoms with van der Waals surface area (Å²) in [5.41, 5.74) is 5.10. The lowest BCUT2D eigenvalue weighted by atomic mass is 10.6. The monoisotopic (exact) mass is 114 g/mol. The molecule has 46 valence electrons. The first kappa shape index (κ1) is 7.17. The van der Waals surface area contributed by atoms with E-state index in [4.69, 9.17) is 5.73 Å². The quantitative estimate of drug-likeness (QED) is 0.505. The van der Waals surface area contributed by atoms with Crippen LogP contribution in [0.2, 0.25) is 0 Å². The molecule has 0 aromatic rings. The number of hydrogen-bond acceptors (Lipinski definition) is 2. The third-order valence-electron chi connectivity index (χ3n) is 0.643. The first-order valence-electron chi connectivity index (χ1n) is 2.35. The van der Waals surface area contributed by atoms with Crippen molar-refractivity contribution >= 4 is 6.41 Å². The highest BCUT2D eigenvalue weighted by Gasteiger charge is 1.78. The SMILES string of the molecule is CN(C=O)C=CCN. The van der Waals surface area contributed by atoms with Crippen molar-refractivity contribution in [1.82, 2.24) is 4.90 Å². The molecule has 3 heteroatoms. The van der Waals surface area contributed by atoms with Crippen molar-refractivity contribution in [3.63, 3.8) is 0 Å². The molecule has 0 aromatic carbocycles. The van der Waals surface area contributed by atoms with Crippen molar-refractivity contribution in [2.45, 2.75) is 0 Å². The van der Waals surface area contributed by atoms with E-state index >= 15 is 0 Å². The largest absolute Gasteiger partial charge is 0.327 e. The fourth-order valence-corrected chi connectivity index (χ4v) is 0.262. The number of carbonyl (C=O) groups is 1. The number of rotatable bonds is 3. The van der Waals surface area contributed by atoms with Gasteiger partial charge in [-0.2, -0.15) is 0 Å². The van der Waals surface area contributed by atoms with Gasteiger partial charge >= 0.3 is 0 Å². The van der Waals surface area contributed by atoms with E-state index in [-0.39, 0.29) is 0 Å². The van der Waals surface area contributed by atoms with Gasteiger partial charge in [-0.05, 0) is 0 Å². The van der Waals surface area contributed by atoms with Crippen LogP contribution in [0.15, 0.2) is 12.3 Å². The van der Waals surface area contributed by atoms with Crippen molar-refractivity contribution in [2.75, 3.05) is 13.6 Å². The zero-order chi connectivity index (χ0) is 6.41. The summed E-state index contributed by atoms with van der Waals surface area (Å²) in [5.74, 6) is 0. The Labute approximate surface area is 48.8 Å². The van der Waals surface area contributed by atoms with E-state index in [2.05, 4.69) is 0 Å². The van der Waals surface area contributed by atoms with Gasteiger partial charge in [0.2, 0.25) is 6.41 Å². The van der Waals surface area contributed by atoms with Gasteiger partial charge in [0.1, 0.15) is 0 Å². The molecule has 0 spiro atoms. The van der Waals surface area contributed by atoms with Gasteiger partial charge in [-0.15, -0.1) is 0 Å². The Bertz CT molecular complexity index is 90.4. The number of nitrogens with zero attached hydrogens (tertiary/aromatic N) is 1. The average molecular weight is 114 g/mol. The Morgan fingerprint density at radius 2 is 2.38 bits per heavy atom. The van der Waals surface area contributed by atoms with Crippen molar-refractivity contribution in [2.24, 2.45) is 5.73 Å². The predicted octanol–water partition coefficient (Wildman–Crippen LogP) is -0.453. The van der Waals surface area contributed by atoms with Crippen LogP contribution in [-0.4, -0.2) is 24.9 Å². The Hall–Kier alpha value is -0.830. The van der Waals surface area contributed by atoms with E-state index in [9.17, 15) is 4.79 Å². The molecule has 2 N–H and O–H groups in total. The molecule has 8 heavy (non-hydrogen) atoms. The fourth-order valence-electron chi connectivity index (χ4n) is 0.262. The van der Waals surface area contributed by atoms with Crippen molar-refractivity contribution in [3.8, 4) is 0 Å². The summed E-state index contributed by atoms with van der Waals surface area (Å²) in [6.45, 7) is 0.470. The molecule has 0 aliphatic heterocycles. The molecule has 0 rings (SSSR count). The van der Waals surface area contributed by atoms with Crippen LogP contribution in [0, 0.1) is 0 Å². The minimum atomic E-state index is 0.470. The summed E-state index contributed by atoms with van der Waals surface area (Å²) < 4.78 is 0. The molecule has 0 heterocycles. The highest BCUT2D eigenvalue weighted by atomic mass is 16.1. The van der Waals surface area contributed by atoms with E-state index in [0.717, 1.165) is 0 Å². The Balaban J connectivity index is 3.35. The lowest BCUT2D eigenvalue weighted by Crippen LogP contribution is -2.07. The van der Waals surface area contributed by atoms with Crippen LogP contribution in [0.3, 0.4) is 0 Å². The van der Waals surface area contributed by atoms with Gasteiger partial charge in [0, 0.05) is 19.8 Å². The van der Waals surface area contributed by atoms with Gasteiger partial charge in [0.25, 0.3) is 0 Å². The Morgan fingerprint density at radius 3 is 2.75 bits per heavy atom. The number of hydrogen-bond donors (Lipinski definition) is 1. The van der Waals surface area contributed by atoms with Crippen LogP contribution in [0.5, 0.6) is 0 Å². The van der Waals surface area contributed by atoms with Crippen molar-refractivity contribution in [1.29, 1.82) is 0 Å². The summed E-state index contributed by atoms with van der Waals surface area (Å²) in [4.78, 5) is 11.2. The molecule has 0 saturated heterocycles. The van der Waals surface area contributed by atoms with E-state index < -0.39 is 0 Å². The molecule has 0 radical (unpaired) electrons. The minimum absolute atomic E-state index is 0.470. The first-order chi connectivity index (χ1) is 3.81. The zero-order valence-corrected chi connectivity index (χ0v) is 4.87. The third kappa shape index (κ3) is 3.36. The summed E-state index contributed by atoms with van der Waals surface area (Å²) in [6, 6.07) is 0. The molecular formula is C5H10N2O. The van der Waals surface area contributed by atoms with E-state index in [0.29, 0.717) is 13.0 Å². The second-order valence-corrected chi connectivity index (χ2v) is 1.39. The summed E-state index contributed by atoms with van der Waals surface area (Å²) in [6.07, 6.45) is 4.04. The number of nitrogens with two attached hydrogens (primary N) is 1. The standard InChI is InChI=1S/C5H10N2O/c1-7(5-8)4-2-3-6/h2,4-5H,3,6H2,1H3. The molecule has 0 aromatic heterocycles. The summed E-state index contributed by atoms with van der Waals surface area (Å²) in [7, 11) is 1.65. The van der Waals surface area contributed by atoms with Gasteiger partial charge in [-0.3, -0.25) is 4.79 Å². The zero-order valence-electron chi connectivity index (χ0n) is 4.87. The van der Waals surface area contributed by atoms with Crippen LogP contribution in [0.25, 0.3) is 0 Å². The van der Waals surface area contributed by atoms with Crippen LogP contribution >= 0.6 is 0 Å². The molecule has 3 nitrogen and oxygen atoms in total. The molecule has 0 saturated carbocycles. The fraction of sp³-hybridized carbons (Fsp3) is 0.400. The second-order valence-electron chi connectivity index (χ2n) is 1.39. The van der Waals surface area contributed by atoms with Crippen LogP contribution in [-0.2, 0) is 4.79 Å². The first-order valence-corrected chi connectivity index (χ1v) is 2.35. The molecule has 0 aliphatic rings. The molecule has 0 fully saturated rings. The van der Waals surface area contributed by atoms with Crippen molar-refractivity contribution in [3.05, 3.63) is 12.3 Å². The number of amides is 1. The third-order valence-corrected chi connectivity index (χ3v) is 0.643. The molecule has 0 aliphatic carbocycles. The van der Waals surface area contributed by atoms with Crippen molar-refractivity contribution < 1.29 is 4.79 Å². The summed E-state index contributed by atoms with van der Waals surface area (Å²) in [5, 5.41) is 0. The highest BCUT2D eigenvalue weighted by molar-refractivity contribution is 5.48. The molecule has 1 amide bonds. The van der Waals surface area contributed by atoms with Gasteiger partial charge in [-0.25, -0.2) is 0 Å². The van der Waals surface area contributed by atoms with Crippen LogP contribution < -0.4 is 5.73 Å². The molecular weight excluding hydrogens is 104 g/mol. The van der Waals surface area contributed by atoms with E-state index in [1.807, 2.05) is 0 Å². The van der Waals surface area contributed by atoms with Gasteiger partial charge in [0.05, 0.1) is 0 Å². The second kappa shape index (κ2) is 4.33. The Kier molecular flexibility index (Phi) is 3.88. The maximum atomic E-state index is 9.84. The Morgan fingerprint density at radius 1 is 1.75 bits per heavy atom. The maximum Gasteiger partial charge on any atom is 0.213 e. The predicted molar refractivity (Wildman–Crippen MR) is 32.0 cm³/mol. The van der Waals surface area contributed by atoms with E-state index in [1.54, 1.807) is 19.3 Å².